The zero-order valence-electron chi connectivity index (χ0n) is 12.3. The smallest absolute Gasteiger partial charge is 0.326 e. The minimum absolute atomic E-state index is 0.0855. The van der Waals surface area contributed by atoms with Gasteiger partial charge in [0, 0.05) is 13.6 Å². The van der Waals surface area contributed by atoms with E-state index in [1.165, 1.54) is 25.7 Å². The highest BCUT2D eigenvalue weighted by Crippen LogP contribution is 2.28. The second-order valence-corrected chi connectivity index (χ2v) is 6.34. The molecule has 0 spiro atoms. The molecule has 5 heteroatoms. The topological polar surface area (TPSA) is 69.6 Å². The number of hydrogen-bond acceptors (Lipinski definition) is 2. The molecule has 2 fully saturated rings. The minimum atomic E-state index is -0.901. The monoisotopic (exact) mass is 282 g/mol. The van der Waals surface area contributed by atoms with Crippen LogP contribution < -0.4 is 5.32 Å². The average Bonchev–Trinajstić information content (AvgIpc) is 2.40. The summed E-state index contributed by atoms with van der Waals surface area (Å²) in [6.45, 7) is 0.739. The van der Waals surface area contributed by atoms with Crippen LogP contribution >= 0.6 is 0 Å². The number of carbonyl (C=O) groups is 2. The van der Waals surface area contributed by atoms with Crippen LogP contribution in [-0.2, 0) is 4.79 Å². The lowest BCUT2D eigenvalue weighted by Crippen LogP contribution is -2.51. The molecule has 0 aliphatic heterocycles. The number of carboxylic acid groups (broad SMARTS) is 1. The number of aliphatic carboxylic acids is 1. The van der Waals surface area contributed by atoms with Gasteiger partial charge in [0.15, 0.2) is 0 Å². The third-order valence-electron chi connectivity index (χ3n) is 4.77. The van der Waals surface area contributed by atoms with E-state index in [1.807, 2.05) is 0 Å². The van der Waals surface area contributed by atoms with Gasteiger partial charge in [-0.25, -0.2) is 9.59 Å². The van der Waals surface area contributed by atoms with E-state index >= 15 is 0 Å². The summed E-state index contributed by atoms with van der Waals surface area (Å²) in [7, 11) is 1.76. The van der Waals surface area contributed by atoms with Gasteiger partial charge in [0.05, 0.1) is 0 Å². The second kappa shape index (κ2) is 6.95. The lowest BCUT2D eigenvalue weighted by Gasteiger charge is -2.32. The number of nitrogens with one attached hydrogen (secondary N) is 1. The predicted molar refractivity (Wildman–Crippen MR) is 76.5 cm³/mol. The summed E-state index contributed by atoms with van der Waals surface area (Å²) in [5, 5.41) is 12.1. The van der Waals surface area contributed by atoms with E-state index in [0.717, 1.165) is 32.2 Å². The molecule has 5 nitrogen and oxygen atoms in total. The van der Waals surface area contributed by atoms with Gasteiger partial charge in [-0.1, -0.05) is 25.7 Å². The largest absolute Gasteiger partial charge is 0.480 e. The number of hydrogen-bond donors (Lipinski definition) is 2. The first-order valence-electron chi connectivity index (χ1n) is 7.82. The van der Waals surface area contributed by atoms with Gasteiger partial charge < -0.3 is 15.3 Å². The Kier molecular flexibility index (Phi) is 5.26. The van der Waals surface area contributed by atoms with Crippen LogP contribution in [0.15, 0.2) is 0 Å². The molecule has 2 amide bonds. The van der Waals surface area contributed by atoms with Gasteiger partial charge in [-0.3, -0.25) is 0 Å². The van der Waals surface area contributed by atoms with Gasteiger partial charge in [0.2, 0.25) is 0 Å². The Morgan fingerprint density at radius 1 is 1.15 bits per heavy atom. The maximum atomic E-state index is 12.1. The molecule has 0 aromatic rings. The molecule has 1 unspecified atom stereocenters. The van der Waals surface area contributed by atoms with Crippen LogP contribution in [0.1, 0.15) is 51.4 Å². The quantitative estimate of drug-likeness (QED) is 0.813. The number of rotatable bonds is 5. The van der Waals surface area contributed by atoms with E-state index in [2.05, 4.69) is 5.32 Å². The molecule has 0 bridgehead atoms. The highest BCUT2D eigenvalue weighted by Gasteiger charge is 2.32. The fraction of sp³-hybridized carbons (Fsp3) is 0.867. The van der Waals surface area contributed by atoms with Crippen molar-refractivity contribution in [1.82, 2.24) is 10.2 Å². The van der Waals surface area contributed by atoms with E-state index in [-0.39, 0.29) is 11.9 Å². The van der Waals surface area contributed by atoms with Crippen molar-refractivity contribution >= 4 is 12.0 Å². The fourth-order valence-corrected chi connectivity index (χ4v) is 3.24. The standard InChI is InChI=1S/C15H26N2O3/c1-17(10-11-6-5-7-11)15(20)16-13(14(18)19)12-8-3-2-4-9-12/h11-13H,2-10H2,1H3,(H,16,20)(H,18,19). The van der Waals surface area contributed by atoms with Crippen molar-refractivity contribution in [2.24, 2.45) is 11.8 Å². The second-order valence-electron chi connectivity index (χ2n) is 6.34. The summed E-state index contributed by atoms with van der Waals surface area (Å²) in [5.74, 6) is -0.215. The molecule has 0 aromatic carbocycles. The van der Waals surface area contributed by atoms with Crippen molar-refractivity contribution in [3.05, 3.63) is 0 Å². The van der Waals surface area contributed by atoms with Crippen LogP contribution in [-0.4, -0.2) is 41.6 Å². The van der Waals surface area contributed by atoms with E-state index in [0.29, 0.717) is 5.92 Å². The highest BCUT2D eigenvalue weighted by molar-refractivity contribution is 5.82. The SMILES string of the molecule is CN(CC1CCC1)C(=O)NC(C(=O)O)C1CCCCC1. The molecule has 2 aliphatic rings. The van der Waals surface area contributed by atoms with Crippen LogP contribution in [0.4, 0.5) is 4.79 Å². The Morgan fingerprint density at radius 2 is 1.80 bits per heavy atom. The van der Waals surface area contributed by atoms with Crippen molar-refractivity contribution in [3.63, 3.8) is 0 Å². The lowest BCUT2D eigenvalue weighted by molar-refractivity contribution is -0.141. The molecule has 2 saturated carbocycles. The van der Waals surface area contributed by atoms with Crippen molar-refractivity contribution in [2.75, 3.05) is 13.6 Å². The minimum Gasteiger partial charge on any atom is -0.480 e. The first-order chi connectivity index (χ1) is 9.58. The fourth-order valence-electron chi connectivity index (χ4n) is 3.24. The van der Waals surface area contributed by atoms with E-state index in [4.69, 9.17) is 0 Å². The summed E-state index contributed by atoms with van der Waals surface area (Å²) in [4.78, 5) is 25.2. The molecular weight excluding hydrogens is 256 g/mol. The first-order valence-corrected chi connectivity index (χ1v) is 7.82. The lowest BCUT2D eigenvalue weighted by atomic mass is 9.84. The summed E-state index contributed by atoms with van der Waals surface area (Å²) >= 11 is 0. The van der Waals surface area contributed by atoms with Crippen LogP contribution in [0.2, 0.25) is 0 Å². The molecule has 2 N–H and O–H groups in total. The normalized spacial score (nSPS) is 21.9. The van der Waals surface area contributed by atoms with E-state index < -0.39 is 12.0 Å². The molecule has 2 aliphatic carbocycles. The van der Waals surface area contributed by atoms with E-state index in [1.54, 1.807) is 11.9 Å². The Morgan fingerprint density at radius 3 is 2.30 bits per heavy atom. The van der Waals surface area contributed by atoms with Crippen LogP contribution in [0, 0.1) is 11.8 Å². The summed E-state index contributed by atoms with van der Waals surface area (Å²) in [5.41, 5.74) is 0. The van der Waals surface area contributed by atoms with Gasteiger partial charge in [-0.15, -0.1) is 0 Å². The zero-order valence-corrected chi connectivity index (χ0v) is 12.3. The molecule has 114 valence electrons. The Bertz CT molecular complexity index is 349. The molecular formula is C15H26N2O3. The van der Waals surface area contributed by atoms with Gasteiger partial charge >= 0.3 is 12.0 Å². The molecule has 20 heavy (non-hydrogen) atoms. The van der Waals surface area contributed by atoms with Gasteiger partial charge in [-0.05, 0) is 37.5 Å². The Labute approximate surface area is 120 Å². The molecule has 1 atom stereocenters. The van der Waals surface area contributed by atoms with Crippen molar-refractivity contribution in [2.45, 2.75) is 57.4 Å². The Balaban J connectivity index is 1.85. The number of nitrogens with zero attached hydrogens (tertiary/aromatic N) is 1. The zero-order chi connectivity index (χ0) is 14.5. The maximum Gasteiger partial charge on any atom is 0.326 e. The third kappa shape index (κ3) is 3.87. The number of urea groups is 1. The molecule has 0 heterocycles. The van der Waals surface area contributed by atoms with Gasteiger partial charge in [0.1, 0.15) is 6.04 Å². The summed E-state index contributed by atoms with van der Waals surface area (Å²) in [6.07, 6.45) is 8.75. The van der Waals surface area contributed by atoms with Crippen molar-refractivity contribution < 1.29 is 14.7 Å². The summed E-state index contributed by atoms with van der Waals surface area (Å²) < 4.78 is 0. The van der Waals surface area contributed by atoms with Crippen LogP contribution in [0.3, 0.4) is 0 Å². The van der Waals surface area contributed by atoms with Gasteiger partial charge in [-0.2, -0.15) is 0 Å². The van der Waals surface area contributed by atoms with E-state index in [9.17, 15) is 14.7 Å². The van der Waals surface area contributed by atoms with Crippen LogP contribution in [0.25, 0.3) is 0 Å². The van der Waals surface area contributed by atoms with Crippen LogP contribution in [0.5, 0.6) is 0 Å². The molecule has 0 aromatic heterocycles. The van der Waals surface area contributed by atoms with Crippen molar-refractivity contribution in [3.8, 4) is 0 Å². The van der Waals surface area contributed by atoms with Crippen molar-refractivity contribution in [1.29, 1.82) is 0 Å². The molecule has 0 saturated heterocycles. The summed E-state index contributed by atoms with van der Waals surface area (Å²) in [6, 6.07) is -0.971. The highest BCUT2D eigenvalue weighted by atomic mass is 16.4. The third-order valence-corrected chi connectivity index (χ3v) is 4.77. The molecule has 0 radical (unpaired) electrons. The predicted octanol–water partition coefficient (Wildman–Crippen LogP) is 2.46. The first kappa shape index (κ1) is 15.1. The number of carboxylic acids is 1. The van der Waals surface area contributed by atoms with Gasteiger partial charge in [0.25, 0.3) is 0 Å². The Hall–Kier alpha value is -1.26. The molecule has 2 rings (SSSR count). The number of amides is 2. The number of carbonyl (C=O) groups excluding carboxylic acids is 1. The maximum absolute atomic E-state index is 12.1. The average molecular weight is 282 g/mol.